The number of nitrogens with one attached hydrogen (secondary N) is 1. The average molecular weight is 269 g/mol. The minimum Gasteiger partial charge on any atom is -0.491 e. The molecular formula is C13H19NO5. The number of hydrogen-bond acceptors (Lipinski definition) is 4. The Hall–Kier alpha value is -1.79. The topological polar surface area (TPSA) is 88.0 Å². The Labute approximate surface area is 112 Å². The summed E-state index contributed by atoms with van der Waals surface area (Å²) in [5.74, 6) is 0.744. The molecule has 0 aliphatic heterocycles. The van der Waals surface area contributed by atoms with E-state index in [-0.39, 0.29) is 13.2 Å². The van der Waals surface area contributed by atoms with E-state index in [2.05, 4.69) is 5.32 Å². The maximum absolute atomic E-state index is 10.1. The highest BCUT2D eigenvalue weighted by Gasteiger charge is 1.96. The van der Waals surface area contributed by atoms with E-state index < -0.39 is 6.09 Å². The number of benzene rings is 1. The van der Waals surface area contributed by atoms with Crippen molar-refractivity contribution in [3.8, 4) is 5.75 Å². The molecule has 0 radical (unpaired) electrons. The first-order chi connectivity index (χ1) is 9.22. The van der Waals surface area contributed by atoms with Crippen LogP contribution in [0, 0.1) is 0 Å². The van der Waals surface area contributed by atoms with Gasteiger partial charge in [-0.1, -0.05) is 12.1 Å². The van der Waals surface area contributed by atoms with Gasteiger partial charge in [0.25, 0.3) is 0 Å². The normalized spacial score (nSPS) is 10.2. The van der Waals surface area contributed by atoms with Crippen molar-refractivity contribution in [2.75, 3.05) is 33.0 Å². The Morgan fingerprint density at radius 1 is 1.16 bits per heavy atom. The maximum Gasteiger partial charge on any atom is 0.404 e. The van der Waals surface area contributed by atoms with Crippen LogP contribution in [0.4, 0.5) is 4.79 Å². The predicted molar refractivity (Wildman–Crippen MR) is 69.6 cm³/mol. The second kappa shape index (κ2) is 9.18. The standard InChI is InChI=1S/C13H19NO5/c15-7-5-11-1-3-12(4-2-11)19-10-9-18-8-6-14-13(16)17/h1-4,14-15H,5-10H2,(H,16,17). The van der Waals surface area contributed by atoms with Gasteiger partial charge in [-0.25, -0.2) is 4.79 Å². The maximum atomic E-state index is 10.1. The quantitative estimate of drug-likeness (QED) is 0.579. The molecular weight excluding hydrogens is 250 g/mol. The van der Waals surface area contributed by atoms with Crippen LogP contribution in [-0.2, 0) is 11.2 Å². The number of aliphatic hydroxyl groups is 1. The highest BCUT2D eigenvalue weighted by molar-refractivity contribution is 5.64. The number of aliphatic hydroxyl groups excluding tert-OH is 1. The zero-order chi connectivity index (χ0) is 13.9. The smallest absolute Gasteiger partial charge is 0.404 e. The van der Waals surface area contributed by atoms with Gasteiger partial charge in [0.2, 0.25) is 0 Å². The summed E-state index contributed by atoms with van der Waals surface area (Å²) in [6.45, 7) is 1.54. The molecule has 0 aromatic heterocycles. The third-order valence-corrected chi connectivity index (χ3v) is 2.34. The number of ether oxygens (including phenoxy) is 2. The molecule has 1 rings (SSSR count). The molecule has 3 N–H and O–H groups in total. The predicted octanol–water partition coefficient (Wildman–Crippen LogP) is 0.884. The fourth-order valence-corrected chi connectivity index (χ4v) is 1.43. The first kappa shape index (κ1) is 15.3. The summed E-state index contributed by atoms with van der Waals surface area (Å²) in [4.78, 5) is 10.1. The van der Waals surface area contributed by atoms with Gasteiger partial charge in [-0.2, -0.15) is 0 Å². The molecule has 0 saturated carbocycles. The summed E-state index contributed by atoms with van der Waals surface area (Å²) in [5.41, 5.74) is 1.06. The molecule has 6 nitrogen and oxygen atoms in total. The summed E-state index contributed by atoms with van der Waals surface area (Å²) >= 11 is 0. The summed E-state index contributed by atoms with van der Waals surface area (Å²) in [6.07, 6.45) is -0.414. The van der Waals surface area contributed by atoms with Gasteiger partial charge in [0.1, 0.15) is 12.4 Å². The lowest BCUT2D eigenvalue weighted by molar-refractivity contribution is 0.101. The molecule has 1 aromatic rings. The minimum absolute atomic E-state index is 0.137. The fraction of sp³-hybridized carbons (Fsp3) is 0.462. The van der Waals surface area contributed by atoms with Crippen molar-refractivity contribution in [1.82, 2.24) is 5.32 Å². The van der Waals surface area contributed by atoms with Gasteiger partial charge in [0.15, 0.2) is 0 Å². The second-order valence-electron chi connectivity index (χ2n) is 3.81. The van der Waals surface area contributed by atoms with E-state index in [4.69, 9.17) is 19.7 Å². The number of hydrogen-bond donors (Lipinski definition) is 3. The Balaban J connectivity index is 2.07. The average Bonchev–Trinajstić information content (AvgIpc) is 2.39. The summed E-state index contributed by atoms with van der Waals surface area (Å²) < 4.78 is 10.6. The van der Waals surface area contributed by atoms with E-state index in [9.17, 15) is 4.79 Å². The SMILES string of the molecule is O=C(O)NCCOCCOc1ccc(CCO)cc1. The van der Waals surface area contributed by atoms with Crippen molar-refractivity contribution >= 4 is 6.09 Å². The minimum atomic E-state index is -1.05. The van der Waals surface area contributed by atoms with Crippen molar-refractivity contribution < 1.29 is 24.5 Å². The Bertz CT molecular complexity index is 366. The highest BCUT2D eigenvalue weighted by Crippen LogP contribution is 2.12. The molecule has 0 spiro atoms. The third-order valence-electron chi connectivity index (χ3n) is 2.34. The lowest BCUT2D eigenvalue weighted by atomic mass is 10.1. The van der Waals surface area contributed by atoms with E-state index in [0.29, 0.717) is 26.2 Å². The number of rotatable bonds is 9. The molecule has 0 saturated heterocycles. The largest absolute Gasteiger partial charge is 0.491 e. The number of carbonyl (C=O) groups is 1. The molecule has 19 heavy (non-hydrogen) atoms. The van der Waals surface area contributed by atoms with Crippen molar-refractivity contribution in [2.45, 2.75) is 6.42 Å². The lowest BCUT2D eigenvalue weighted by Gasteiger charge is -2.08. The van der Waals surface area contributed by atoms with Gasteiger partial charge in [-0.3, -0.25) is 0 Å². The zero-order valence-corrected chi connectivity index (χ0v) is 10.7. The monoisotopic (exact) mass is 269 g/mol. The van der Waals surface area contributed by atoms with E-state index in [1.165, 1.54) is 0 Å². The Morgan fingerprint density at radius 3 is 2.53 bits per heavy atom. The van der Waals surface area contributed by atoms with Gasteiger partial charge in [-0.15, -0.1) is 0 Å². The molecule has 106 valence electrons. The van der Waals surface area contributed by atoms with Gasteiger partial charge >= 0.3 is 6.09 Å². The van der Waals surface area contributed by atoms with Crippen molar-refractivity contribution in [3.63, 3.8) is 0 Å². The molecule has 0 atom stereocenters. The molecule has 1 amide bonds. The van der Waals surface area contributed by atoms with Crippen molar-refractivity contribution in [3.05, 3.63) is 29.8 Å². The summed E-state index contributed by atoms with van der Waals surface area (Å²) in [5, 5.41) is 19.3. The Morgan fingerprint density at radius 2 is 1.89 bits per heavy atom. The van der Waals surface area contributed by atoms with E-state index in [1.807, 2.05) is 24.3 Å². The molecule has 0 aliphatic carbocycles. The zero-order valence-electron chi connectivity index (χ0n) is 10.7. The molecule has 0 fully saturated rings. The first-order valence-electron chi connectivity index (χ1n) is 6.09. The van der Waals surface area contributed by atoms with Crippen LogP contribution >= 0.6 is 0 Å². The van der Waals surface area contributed by atoms with Crippen LogP contribution in [0.3, 0.4) is 0 Å². The lowest BCUT2D eigenvalue weighted by Crippen LogP contribution is -2.25. The molecule has 6 heteroatoms. The van der Waals surface area contributed by atoms with E-state index in [0.717, 1.165) is 11.3 Å². The van der Waals surface area contributed by atoms with Crippen LogP contribution in [0.25, 0.3) is 0 Å². The highest BCUT2D eigenvalue weighted by atomic mass is 16.5. The van der Waals surface area contributed by atoms with Gasteiger partial charge < -0.3 is 25.0 Å². The van der Waals surface area contributed by atoms with E-state index in [1.54, 1.807) is 0 Å². The first-order valence-corrected chi connectivity index (χ1v) is 6.09. The van der Waals surface area contributed by atoms with Gasteiger partial charge in [0.05, 0.1) is 13.2 Å². The third kappa shape index (κ3) is 7.28. The number of amides is 1. The summed E-state index contributed by atoms with van der Waals surface area (Å²) in [7, 11) is 0. The summed E-state index contributed by atoms with van der Waals surface area (Å²) in [6, 6.07) is 7.50. The molecule has 0 heterocycles. The number of carboxylic acid groups (broad SMARTS) is 1. The van der Waals surface area contributed by atoms with Crippen molar-refractivity contribution in [1.29, 1.82) is 0 Å². The molecule has 1 aromatic carbocycles. The fourth-order valence-electron chi connectivity index (χ4n) is 1.43. The van der Waals surface area contributed by atoms with Crippen LogP contribution in [-0.4, -0.2) is 49.3 Å². The van der Waals surface area contributed by atoms with Crippen LogP contribution in [0.5, 0.6) is 5.75 Å². The van der Waals surface area contributed by atoms with Crippen LogP contribution < -0.4 is 10.1 Å². The molecule has 0 unspecified atom stereocenters. The van der Waals surface area contributed by atoms with Crippen LogP contribution in [0.1, 0.15) is 5.56 Å². The van der Waals surface area contributed by atoms with E-state index >= 15 is 0 Å². The van der Waals surface area contributed by atoms with Gasteiger partial charge in [-0.05, 0) is 24.1 Å². The molecule has 0 bridgehead atoms. The second-order valence-corrected chi connectivity index (χ2v) is 3.81. The van der Waals surface area contributed by atoms with Gasteiger partial charge in [0, 0.05) is 13.2 Å². The Kier molecular flexibility index (Phi) is 7.38. The van der Waals surface area contributed by atoms with Crippen LogP contribution in [0.15, 0.2) is 24.3 Å². The van der Waals surface area contributed by atoms with Crippen LogP contribution in [0.2, 0.25) is 0 Å². The van der Waals surface area contributed by atoms with Crippen molar-refractivity contribution in [2.24, 2.45) is 0 Å². The molecule has 0 aliphatic rings.